The number of alkyl carbamates (subject to hydrolysis) is 1. The lowest BCUT2D eigenvalue weighted by molar-refractivity contribution is -0.117. The molecule has 0 spiro atoms. The summed E-state index contributed by atoms with van der Waals surface area (Å²) in [6.07, 6.45) is 0.0436. The first-order chi connectivity index (χ1) is 10.3. The van der Waals surface area contributed by atoms with E-state index in [0.29, 0.717) is 6.42 Å². The molecule has 2 atom stereocenters. The molecule has 1 aromatic carbocycles. The first kappa shape index (κ1) is 16.8. The standard InChI is InChI=1S/C16H21BrN2O3/c1-9(2)22-16(21)18-14-7-10(3)19(11(4)20)15-6-5-12(17)8-13(14)15/h5-6,8-10,14H,7H2,1-4H3,(H,18,21)/t10-,14+/m1/s1. The zero-order valence-corrected chi connectivity index (χ0v) is 14.8. The molecule has 0 unspecified atom stereocenters. The zero-order valence-electron chi connectivity index (χ0n) is 13.2. The predicted molar refractivity (Wildman–Crippen MR) is 88.9 cm³/mol. The van der Waals surface area contributed by atoms with Gasteiger partial charge in [-0.3, -0.25) is 4.79 Å². The maximum Gasteiger partial charge on any atom is 0.407 e. The topological polar surface area (TPSA) is 58.6 Å². The van der Waals surface area contributed by atoms with Crippen LogP contribution in [-0.4, -0.2) is 24.1 Å². The van der Waals surface area contributed by atoms with Crippen LogP contribution in [0.3, 0.4) is 0 Å². The molecule has 0 aromatic heterocycles. The van der Waals surface area contributed by atoms with Crippen molar-refractivity contribution in [2.45, 2.75) is 52.3 Å². The average molecular weight is 369 g/mol. The van der Waals surface area contributed by atoms with Crippen LogP contribution in [0.25, 0.3) is 0 Å². The number of ether oxygens (including phenoxy) is 1. The van der Waals surface area contributed by atoms with E-state index < -0.39 is 6.09 Å². The molecule has 0 saturated heterocycles. The molecule has 22 heavy (non-hydrogen) atoms. The summed E-state index contributed by atoms with van der Waals surface area (Å²) in [6.45, 7) is 7.16. The van der Waals surface area contributed by atoms with Crippen molar-refractivity contribution >= 4 is 33.6 Å². The van der Waals surface area contributed by atoms with Crippen molar-refractivity contribution in [3.8, 4) is 0 Å². The lowest BCUT2D eigenvalue weighted by Crippen LogP contribution is -2.45. The Morgan fingerprint density at radius 2 is 2.09 bits per heavy atom. The number of amides is 2. The molecule has 2 amide bonds. The quantitative estimate of drug-likeness (QED) is 0.864. The van der Waals surface area contributed by atoms with Crippen molar-refractivity contribution in [2.24, 2.45) is 0 Å². The van der Waals surface area contributed by atoms with Crippen molar-refractivity contribution < 1.29 is 14.3 Å². The number of fused-ring (bicyclic) bond motifs is 1. The van der Waals surface area contributed by atoms with Gasteiger partial charge in [0.2, 0.25) is 5.91 Å². The van der Waals surface area contributed by atoms with Crippen molar-refractivity contribution in [1.29, 1.82) is 0 Å². The third-order valence-electron chi connectivity index (χ3n) is 3.62. The first-order valence-electron chi connectivity index (χ1n) is 7.36. The Morgan fingerprint density at radius 3 is 2.68 bits per heavy atom. The van der Waals surface area contributed by atoms with E-state index in [1.807, 2.05) is 39.0 Å². The number of nitrogens with zero attached hydrogens (tertiary/aromatic N) is 1. The fourth-order valence-electron chi connectivity index (χ4n) is 2.84. The van der Waals surface area contributed by atoms with E-state index in [9.17, 15) is 9.59 Å². The van der Waals surface area contributed by atoms with Crippen LogP contribution in [-0.2, 0) is 9.53 Å². The second-order valence-corrected chi connectivity index (χ2v) is 6.74. The van der Waals surface area contributed by atoms with Crippen LogP contribution in [0.1, 0.15) is 45.7 Å². The van der Waals surface area contributed by atoms with E-state index in [1.54, 1.807) is 11.8 Å². The molecule has 0 bridgehead atoms. The van der Waals surface area contributed by atoms with E-state index in [-0.39, 0.29) is 24.1 Å². The fraction of sp³-hybridized carbons (Fsp3) is 0.500. The van der Waals surface area contributed by atoms with Gasteiger partial charge in [-0.15, -0.1) is 0 Å². The summed E-state index contributed by atoms with van der Waals surface area (Å²) in [4.78, 5) is 25.6. The van der Waals surface area contributed by atoms with Gasteiger partial charge in [0.25, 0.3) is 0 Å². The summed E-state index contributed by atoms with van der Waals surface area (Å²) in [5, 5.41) is 2.90. The highest BCUT2D eigenvalue weighted by atomic mass is 79.9. The minimum Gasteiger partial charge on any atom is -0.447 e. The lowest BCUT2D eigenvalue weighted by Gasteiger charge is -2.39. The van der Waals surface area contributed by atoms with Gasteiger partial charge < -0.3 is 15.0 Å². The highest BCUT2D eigenvalue weighted by molar-refractivity contribution is 9.10. The highest BCUT2D eigenvalue weighted by Crippen LogP contribution is 2.38. The molecule has 0 fully saturated rings. The van der Waals surface area contributed by atoms with E-state index in [1.165, 1.54) is 0 Å². The molecule has 1 aromatic rings. The molecule has 1 aliphatic heterocycles. The highest BCUT2D eigenvalue weighted by Gasteiger charge is 2.33. The number of anilines is 1. The molecule has 1 heterocycles. The third-order valence-corrected chi connectivity index (χ3v) is 4.11. The molecular weight excluding hydrogens is 348 g/mol. The monoisotopic (exact) mass is 368 g/mol. The van der Waals surface area contributed by atoms with Crippen LogP contribution < -0.4 is 10.2 Å². The number of carbonyl (C=O) groups is 2. The van der Waals surface area contributed by atoms with Gasteiger partial charge in [0.05, 0.1) is 12.1 Å². The first-order valence-corrected chi connectivity index (χ1v) is 8.15. The Labute approximate surface area is 139 Å². The smallest absolute Gasteiger partial charge is 0.407 e. The largest absolute Gasteiger partial charge is 0.447 e. The summed E-state index contributed by atoms with van der Waals surface area (Å²) in [6, 6.07) is 5.58. The maximum absolute atomic E-state index is 11.9. The Hall–Kier alpha value is -1.56. The Morgan fingerprint density at radius 1 is 1.41 bits per heavy atom. The number of nitrogens with one attached hydrogen (secondary N) is 1. The molecule has 0 saturated carbocycles. The van der Waals surface area contributed by atoms with Gasteiger partial charge in [-0.25, -0.2) is 4.79 Å². The van der Waals surface area contributed by atoms with Crippen molar-refractivity contribution in [2.75, 3.05) is 4.90 Å². The maximum atomic E-state index is 11.9. The van der Waals surface area contributed by atoms with Crippen molar-refractivity contribution in [3.63, 3.8) is 0 Å². The molecule has 0 radical (unpaired) electrons. The number of benzene rings is 1. The molecule has 120 valence electrons. The summed E-state index contributed by atoms with van der Waals surface area (Å²) in [5.41, 5.74) is 1.76. The Kier molecular flexibility index (Phi) is 5.11. The molecule has 6 heteroatoms. The van der Waals surface area contributed by atoms with Crippen LogP contribution in [0, 0.1) is 0 Å². The third kappa shape index (κ3) is 3.61. The number of halogens is 1. The Bertz CT molecular complexity index is 589. The van der Waals surface area contributed by atoms with Gasteiger partial charge in [0, 0.05) is 23.1 Å². The van der Waals surface area contributed by atoms with Crippen LogP contribution in [0.4, 0.5) is 10.5 Å². The fourth-order valence-corrected chi connectivity index (χ4v) is 3.22. The van der Waals surface area contributed by atoms with Crippen LogP contribution in [0.15, 0.2) is 22.7 Å². The van der Waals surface area contributed by atoms with Gasteiger partial charge in [0.15, 0.2) is 0 Å². The average Bonchev–Trinajstić information content (AvgIpc) is 2.37. The normalized spacial score (nSPS) is 20.5. The summed E-state index contributed by atoms with van der Waals surface area (Å²) < 4.78 is 6.08. The molecule has 0 aliphatic carbocycles. The molecule has 1 N–H and O–H groups in total. The summed E-state index contributed by atoms with van der Waals surface area (Å²) >= 11 is 3.45. The van der Waals surface area contributed by atoms with Crippen molar-refractivity contribution in [1.82, 2.24) is 5.32 Å². The van der Waals surface area contributed by atoms with Gasteiger partial charge in [0.1, 0.15) is 0 Å². The van der Waals surface area contributed by atoms with Gasteiger partial charge in [-0.2, -0.15) is 0 Å². The number of rotatable bonds is 2. The zero-order chi connectivity index (χ0) is 16.4. The van der Waals surface area contributed by atoms with E-state index in [0.717, 1.165) is 15.7 Å². The van der Waals surface area contributed by atoms with Crippen molar-refractivity contribution in [3.05, 3.63) is 28.2 Å². The summed E-state index contributed by atoms with van der Waals surface area (Å²) in [5.74, 6) is -0.000667. The van der Waals surface area contributed by atoms with E-state index in [4.69, 9.17) is 4.74 Å². The van der Waals surface area contributed by atoms with Gasteiger partial charge in [-0.1, -0.05) is 15.9 Å². The van der Waals surface area contributed by atoms with Gasteiger partial charge in [-0.05, 0) is 51.0 Å². The molecule has 5 nitrogen and oxygen atoms in total. The second-order valence-electron chi connectivity index (χ2n) is 5.83. The number of carbonyl (C=O) groups excluding carboxylic acids is 2. The Balaban J connectivity index is 2.33. The predicted octanol–water partition coefficient (Wildman–Crippen LogP) is 3.77. The lowest BCUT2D eigenvalue weighted by atomic mass is 9.91. The molecular formula is C16H21BrN2O3. The van der Waals surface area contributed by atoms with Crippen LogP contribution in [0.5, 0.6) is 0 Å². The van der Waals surface area contributed by atoms with Crippen LogP contribution in [0.2, 0.25) is 0 Å². The number of hydrogen-bond acceptors (Lipinski definition) is 3. The van der Waals surface area contributed by atoms with Gasteiger partial charge >= 0.3 is 6.09 Å². The second kappa shape index (κ2) is 6.69. The summed E-state index contributed by atoms with van der Waals surface area (Å²) in [7, 11) is 0. The van der Waals surface area contributed by atoms with E-state index >= 15 is 0 Å². The molecule has 2 rings (SSSR count). The minimum absolute atomic E-state index is 0.000667. The number of hydrogen-bond donors (Lipinski definition) is 1. The molecule has 1 aliphatic rings. The minimum atomic E-state index is -0.436. The SMILES string of the molecule is CC(=O)N1c2ccc(Br)cc2[C@@H](NC(=O)OC(C)C)C[C@H]1C. The van der Waals surface area contributed by atoms with E-state index in [2.05, 4.69) is 21.2 Å². The van der Waals surface area contributed by atoms with Crippen LogP contribution >= 0.6 is 15.9 Å².